The van der Waals surface area contributed by atoms with E-state index in [4.69, 9.17) is 11.6 Å². The molecule has 76 valence electrons. The standard InChI is InChI=1S/C9H5BrClN3O/c10-8-9(15)12-5-14(13-8)7-4-2-1-3-6(7)11/h1-5H. The summed E-state index contributed by atoms with van der Waals surface area (Å²) in [6.07, 6.45) is 1.33. The second-order valence-corrected chi connectivity index (χ2v) is 3.89. The molecule has 2 rings (SSSR count). The van der Waals surface area contributed by atoms with Crippen LogP contribution in [-0.4, -0.2) is 14.8 Å². The maximum atomic E-state index is 11.0. The molecule has 1 aromatic heterocycles. The van der Waals surface area contributed by atoms with Gasteiger partial charge < -0.3 is 0 Å². The predicted octanol–water partition coefficient (Wildman–Crippen LogP) is 2.04. The average molecular weight is 287 g/mol. The van der Waals surface area contributed by atoms with E-state index in [1.807, 2.05) is 12.1 Å². The quantitative estimate of drug-likeness (QED) is 0.806. The molecule has 4 nitrogen and oxygen atoms in total. The molecule has 0 saturated carbocycles. The van der Waals surface area contributed by atoms with Crippen molar-refractivity contribution in [1.82, 2.24) is 14.8 Å². The summed E-state index contributed by atoms with van der Waals surface area (Å²) in [7, 11) is 0. The summed E-state index contributed by atoms with van der Waals surface area (Å²) >= 11 is 8.99. The number of nitrogens with zero attached hydrogens (tertiary/aromatic N) is 3. The molecule has 0 radical (unpaired) electrons. The van der Waals surface area contributed by atoms with Crippen molar-refractivity contribution in [2.24, 2.45) is 0 Å². The number of aromatic nitrogens is 3. The van der Waals surface area contributed by atoms with Crippen LogP contribution in [0.1, 0.15) is 0 Å². The van der Waals surface area contributed by atoms with Crippen LogP contribution in [0.2, 0.25) is 5.02 Å². The van der Waals surface area contributed by atoms with Crippen LogP contribution in [-0.2, 0) is 0 Å². The molecule has 0 aliphatic heterocycles. The van der Waals surface area contributed by atoms with Gasteiger partial charge in [-0.1, -0.05) is 23.7 Å². The zero-order chi connectivity index (χ0) is 10.8. The number of halogens is 2. The molecule has 6 heteroatoms. The number of hydrogen-bond acceptors (Lipinski definition) is 3. The minimum absolute atomic E-state index is 0.157. The molecule has 0 aliphatic carbocycles. The van der Waals surface area contributed by atoms with Gasteiger partial charge in [-0.25, -0.2) is 4.68 Å². The van der Waals surface area contributed by atoms with E-state index >= 15 is 0 Å². The fraction of sp³-hybridized carbons (Fsp3) is 0. The molecule has 0 fully saturated rings. The Morgan fingerprint density at radius 1 is 1.33 bits per heavy atom. The van der Waals surface area contributed by atoms with Crippen molar-refractivity contribution < 1.29 is 0 Å². The molecule has 0 saturated heterocycles. The van der Waals surface area contributed by atoms with E-state index in [0.717, 1.165) is 0 Å². The molecule has 0 spiro atoms. The van der Waals surface area contributed by atoms with Crippen molar-refractivity contribution in [2.75, 3.05) is 0 Å². The van der Waals surface area contributed by atoms with Gasteiger partial charge in [-0.05, 0) is 28.1 Å². The van der Waals surface area contributed by atoms with Crippen LogP contribution < -0.4 is 5.56 Å². The second kappa shape index (κ2) is 4.12. The fourth-order valence-corrected chi connectivity index (χ4v) is 1.57. The first-order valence-electron chi connectivity index (χ1n) is 4.05. The van der Waals surface area contributed by atoms with Gasteiger partial charge in [-0.3, -0.25) is 4.79 Å². The highest BCUT2D eigenvalue weighted by Gasteiger charge is 2.04. The number of rotatable bonds is 1. The number of benzene rings is 1. The molecule has 0 bridgehead atoms. The number of para-hydroxylation sites is 1. The Labute approximate surface area is 98.7 Å². The van der Waals surface area contributed by atoms with Crippen LogP contribution in [0, 0.1) is 0 Å². The average Bonchev–Trinajstić information content (AvgIpc) is 2.23. The smallest absolute Gasteiger partial charge is 0.264 e. The third kappa shape index (κ3) is 2.08. The molecular formula is C9H5BrClN3O. The maximum Gasteiger partial charge on any atom is 0.306 e. The van der Waals surface area contributed by atoms with Gasteiger partial charge in [-0.15, -0.1) is 0 Å². The van der Waals surface area contributed by atoms with Crippen LogP contribution >= 0.6 is 27.5 Å². The molecule has 15 heavy (non-hydrogen) atoms. The zero-order valence-electron chi connectivity index (χ0n) is 7.39. The van der Waals surface area contributed by atoms with Crippen LogP contribution in [0.3, 0.4) is 0 Å². The zero-order valence-corrected chi connectivity index (χ0v) is 9.73. The molecule has 0 amide bonds. The van der Waals surface area contributed by atoms with Gasteiger partial charge in [0.1, 0.15) is 6.33 Å². The van der Waals surface area contributed by atoms with E-state index in [1.54, 1.807) is 12.1 Å². The molecule has 1 aromatic carbocycles. The van der Waals surface area contributed by atoms with Gasteiger partial charge in [0, 0.05) is 0 Å². The minimum Gasteiger partial charge on any atom is -0.264 e. The van der Waals surface area contributed by atoms with Crippen LogP contribution in [0.4, 0.5) is 0 Å². The summed E-state index contributed by atoms with van der Waals surface area (Å²) < 4.78 is 1.60. The summed E-state index contributed by atoms with van der Waals surface area (Å²) in [6.45, 7) is 0. The fourth-order valence-electron chi connectivity index (χ4n) is 1.08. The Morgan fingerprint density at radius 2 is 2.07 bits per heavy atom. The number of hydrogen-bond donors (Lipinski definition) is 0. The van der Waals surface area contributed by atoms with Crippen molar-refractivity contribution in [3.8, 4) is 5.69 Å². The molecule has 2 aromatic rings. The molecule has 0 unspecified atom stereocenters. The van der Waals surface area contributed by atoms with E-state index in [9.17, 15) is 4.79 Å². The van der Waals surface area contributed by atoms with Crippen molar-refractivity contribution in [3.63, 3.8) is 0 Å². The van der Waals surface area contributed by atoms with Gasteiger partial charge >= 0.3 is 5.56 Å². The molecule has 1 heterocycles. The van der Waals surface area contributed by atoms with E-state index in [0.29, 0.717) is 10.7 Å². The Morgan fingerprint density at radius 3 is 2.73 bits per heavy atom. The lowest BCUT2D eigenvalue weighted by Gasteiger charge is -2.05. The van der Waals surface area contributed by atoms with Crippen molar-refractivity contribution >= 4 is 27.5 Å². The molecule has 0 aliphatic rings. The van der Waals surface area contributed by atoms with Gasteiger partial charge in [0.15, 0.2) is 4.60 Å². The highest BCUT2D eigenvalue weighted by atomic mass is 79.9. The molecular weight excluding hydrogens is 281 g/mol. The third-order valence-corrected chi connectivity index (χ3v) is 2.57. The van der Waals surface area contributed by atoms with Gasteiger partial charge in [0.05, 0.1) is 10.7 Å². The van der Waals surface area contributed by atoms with Gasteiger partial charge in [0.25, 0.3) is 0 Å². The Balaban J connectivity index is 2.60. The Kier molecular flexibility index (Phi) is 2.83. The summed E-state index contributed by atoms with van der Waals surface area (Å²) in [5.41, 5.74) is 0.269. The Bertz CT molecular complexity index is 555. The topological polar surface area (TPSA) is 47.8 Å². The van der Waals surface area contributed by atoms with Crippen molar-refractivity contribution in [1.29, 1.82) is 0 Å². The summed E-state index contributed by atoms with van der Waals surface area (Å²) in [4.78, 5) is 14.7. The monoisotopic (exact) mass is 285 g/mol. The van der Waals surface area contributed by atoms with Crippen molar-refractivity contribution in [3.05, 3.63) is 50.6 Å². The Hall–Kier alpha value is -1.20. The molecule has 0 atom stereocenters. The molecule has 0 N–H and O–H groups in total. The first kappa shape index (κ1) is 10.3. The largest absolute Gasteiger partial charge is 0.306 e. The van der Waals surface area contributed by atoms with E-state index in [-0.39, 0.29) is 4.60 Å². The highest BCUT2D eigenvalue weighted by molar-refractivity contribution is 9.10. The lowest BCUT2D eigenvalue weighted by molar-refractivity contribution is 0.777. The highest BCUT2D eigenvalue weighted by Crippen LogP contribution is 2.18. The summed E-state index contributed by atoms with van der Waals surface area (Å²) in [5.74, 6) is 0. The minimum atomic E-state index is -0.404. The summed E-state index contributed by atoms with van der Waals surface area (Å²) in [5, 5.41) is 4.52. The van der Waals surface area contributed by atoms with E-state index < -0.39 is 5.56 Å². The van der Waals surface area contributed by atoms with Gasteiger partial charge in [-0.2, -0.15) is 10.1 Å². The maximum absolute atomic E-state index is 11.0. The van der Waals surface area contributed by atoms with E-state index in [2.05, 4.69) is 26.0 Å². The first-order valence-corrected chi connectivity index (χ1v) is 5.22. The lowest BCUT2D eigenvalue weighted by atomic mass is 10.3. The third-order valence-electron chi connectivity index (χ3n) is 1.76. The van der Waals surface area contributed by atoms with Crippen molar-refractivity contribution in [2.45, 2.75) is 0 Å². The normalized spacial score (nSPS) is 10.3. The first-order chi connectivity index (χ1) is 7.18. The predicted molar refractivity (Wildman–Crippen MR) is 60.3 cm³/mol. The van der Waals surface area contributed by atoms with Crippen LogP contribution in [0.25, 0.3) is 5.69 Å². The van der Waals surface area contributed by atoms with Crippen LogP contribution in [0.5, 0.6) is 0 Å². The van der Waals surface area contributed by atoms with E-state index in [1.165, 1.54) is 11.0 Å². The van der Waals surface area contributed by atoms with Crippen LogP contribution in [0.15, 0.2) is 40.0 Å². The van der Waals surface area contributed by atoms with Gasteiger partial charge in [0.2, 0.25) is 0 Å². The SMILES string of the molecule is O=c1ncn(-c2ccccc2Cl)nc1Br. The summed E-state index contributed by atoms with van der Waals surface area (Å²) in [6, 6.07) is 7.17. The lowest BCUT2D eigenvalue weighted by Crippen LogP contribution is -2.14. The second-order valence-electron chi connectivity index (χ2n) is 2.74.